The first-order valence-corrected chi connectivity index (χ1v) is 7.86. The van der Waals surface area contributed by atoms with Crippen LogP contribution in [0.1, 0.15) is 6.42 Å². The van der Waals surface area contributed by atoms with Crippen molar-refractivity contribution >= 4 is 22.4 Å². The fourth-order valence-corrected chi connectivity index (χ4v) is 3.13. The molecule has 6 nitrogen and oxygen atoms in total. The summed E-state index contributed by atoms with van der Waals surface area (Å²) in [5.74, 6) is 0.573. The third kappa shape index (κ3) is 3.11. The highest BCUT2D eigenvalue weighted by Crippen LogP contribution is 2.31. The summed E-state index contributed by atoms with van der Waals surface area (Å²) in [6, 6.07) is 7.24. The zero-order valence-electron chi connectivity index (χ0n) is 12.1. The maximum absolute atomic E-state index is 12.1. The molecule has 0 bridgehead atoms. The Balaban J connectivity index is 1.72. The van der Waals surface area contributed by atoms with Crippen molar-refractivity contribution in [2.75, 3.05) is 19.0 Å². The Kier molecular flexibility index (Phi) is 4.37. The van der Waals surface area contributed by atoms with Crippen molar-refractivity contribution in [2.24, 2.45) is 0 Å². The van der Waals surface area contributed by atoms with E-state index in [1.807, 2.05) is 29.6 Å². The van der Waals surface area contributed by atoms with Gasteiger partial charge in [-0.05, 0) is 18.6 Å². The van der Waals surface area contributed by atoms with E-state index in [4.69, 9.17) is 4.74 Å². The number of para-hydroxylation sites is 1. The van der Waals surface area contributed by atoms with Gasteiger partial charge in [0.05, 0.1) is 24.9 Å². The minimum absolute atomic E-state index is 0.169. The molecule has 0 spiro atoms. The average Bonchev–Trinajstić information content (AvgIpc) is 3.16. The number of aliphatic hydroxyl groups excluding tert-OH is 1. The molecule has 2 heterocycles. The molecule has 0 aliphatic carbocycles. The third-order valence-corrected chi connectivity index (χ3v) is 4.30. The van der Waals surface area contributed by atoms with Crippen molar-refractivity contribution < 1.29 is 14.6 Å². The Morgan fingerprint density at radius 2 is 2.32 bits per heavy atom. The van der Waals surface area contributed by atoms with Gasteiger partial charge in [0.15, 0.2) is 5.13 Å². The van der Waals surface area contributed by atoms with E-state index in [9.17, 15) is 9.90 Å². The van der Waals surface area contributed by atoms with E-state index < -0.39 is 6.10 Å². The fourth-order valence-electron chi connectivity index (χ4n) is 2.42. The minimum atomic E-state index is -0.462. The predicted molar refractivity (Wildman–Crippen MR) is 85.1 cm³/mol. The zero-order valence-corrected chi connectivity index (χ0v) is 12.9. The molecule has 1 aliphatic rings. The van der Waals surface area contributed by atoms with Gasteiger partial charge in [-0.3, -0.25) is 4.79 Å². The molecule has 2 aromatic rings. The van der Waals surface area contributed by atoms with Crippen molar-refractivity contribution in [3.05, 3.63) is 29.6 Å². The predicted octanol–water partition coefficient (Wildman–Crippen LogP) is 1.48. The number of anilines is 1. The summed E-state index contributed by atoms with van der Waals surface area (Å²) < 4.78 is 5.32. The number of carbonyl (C=O) groups excluding carboxylic acids is 1. The molecule has 1 saturated heterocycles. The number of hydrogen-bond acceptors (Lipinski definition) is 6. The molecule has 116 valence electrons. The minimum Gasteiger partial charge on any atom is -0.496 e. The molecule has 1 fully saturated rings. The number of aliphatic hydroxyl groups is 1. The highest BCUT2D eigenvalue weighted by atomic mass is 32.1. The summed E-state index contributed by atoms with van der Waals surface area (Å²) in [7, 11) is 1.62. The number of carbonyl (C=O) groups is 1. The van der Waals surface area contributed by atoms with E-state index in [-0.39, 0.29) is 11.9 Å². The summed E-state index contributed by atoms with van der Waals surface area (Å²) in [6.07, 6.45) is -0.0347. The monoisotopic (exact) mass is 319 g/mol. The molecule has 3 N–H and O–H groups in total. The number of ether oxygens (including phenoxy) is 1. The zero-order chi connectivity index (χ0) is 15.5. The second-order valence-corrected chi connectivity index (χ2v) is 5.94. The summed E-state index contributed by atoms with van der Waals surface area (Å²) in [5, 5.41) is 17.6. The van der Waals surface area contributed by atoms with Crippen LogP contribution in [-0.2, 0) is 4.79 Å². The number of rotatable bonds is 4. The van der Waals surface area contributed by atoms with Gasteiger partial charge in [-0.1, -0.05) is 12.1 Å². The highest BCUT2D eigenvalue weighted by molar-refractivity contribution is 7.14. The molecule has 3 rings (SSSR count). The summed E-state index contributed by atoms with van der Waals surface area (Å²) in [4.78, 5) is 16.5. The number of amides is 1. The number of thiazole rings is 1. The van der Waals surface area contributed by atoms with Crippen LogP contribution in [0.3, 0.4) is 0 Å². The van der Waals surface area contributed by atoms with E-state index in [0.717, 1.165) is 17.0 Å². The van der Waals surface area contributed by atoms with E-state index in [0.29, 0.717) is 18.1 Å². The van der Waals surface area contributed by atoms with Crippen molar-refractivity contribution in [1.29, 1.82) is 0 Å². The molecule has 2 atom stereocenters. The van der Waals surface area contributed by atoms with E-state index in [1.165, 1.54) is 11.3 Å². The van der Waals surface area contributed by atoms with Gasteiger partial charge in [0.1, 0.15) is 5.75 Å². The number of benzene rings is 1. The standard InChI is InChI=1S/C15H17N3O3S/c1-21-13-5-3-2-4-10(13)12-8-22-15(17-12)18-14(20)11-6-9(19)7-16-11/h2-5,8-9,11,16,19H,6-7H2,1H3,(H,17,18,20)/t9-,11+/m0/s1. The summed E-state index contributed by atoms with van der Waals surface area (Å²) in [6.45, 7) is 0.447. The molecule has 7 heteroatoms. The number of nitrogens with one attached hydrogen (secondary N) is 2. The van der Waals surface area contributed by atoms with Gasteiger partial charge < -0.3 is 20.5 Å². The maximum Gasteiger partial charge on any atom is 0.243 e. The average molecular weight is 319 g/mol. The van der Waals surface area contributed by atoms with Crippen LogP contribution in [0.25, 0.3) is 11.3 Å². The molecule has 1 amide bonds. The molecular formula is C15H17N3O3S. The van der Waals surface area contributed by atoms with Crippen molar-refractivity contribution in [2.45, 2.75) is 18.6 Å². The van der Waals surface area contributed by atoms with Gasteiger partial charge in [0, 0.05) is 17.5 Å². The summed E-state index contributed by atoms with van der Waals surface area (Å²) >= 11 is 1.36. The number of β-amino-alcohol motifs (C(OH)–C–C–N with tert-alkyl or cyclic N) is 1. The van der Waals surface area contributed by atoms with Gasteiger partial charge in [-0.2, -0.15) is 0 Å². The summed E-state index contributed by atoms with van der Waals surface area (Å²) in [5.41, 5.74) is 1.65. The molecule has 1 aromatic heterocycles. The Labute approximate surface area is 132 Å². The topological polar surface area (TPSA) is 83.5 Å². The Morgan fingerprint density at radius 1 is 1.50 bits per heavy atom. The Hall–Kier alpha value is -1.96. The number of hydrogen-bond donors (Lipinski definition) is 3. The van der Waals surface area contributed by atoms with Gasteiger partial charge in [0.2, 0.25) is 5.91 Å². The third-order valence-electron chi connectivity index (χ3n) is 3.54. The van der Waals surface area contributed by atoms with Crippen LogP contribution >= 0.6 is 11.3 Å². The van der Waals surface area contributed by atoms with Crippen LogP contribution in [0.5, 0.6) is 5.75 Å². The van der Waals surface area contributed by atoms with Crippen LogP contribution in [0.4, 0.5) is 5.13 Å². The van der Waals surface area contributed by atoms with Gasteiger partial charge >= 0.3 is 0 Å². The number of aromatic nitrogens is 1. The van der Waals surface area contributed by atoms with Gasteiger partial charge in [0.25, 0.3) is 0 Å². The van der Waals surface area contributed by atoms with Gasteiger partial charge in [-0.15, -0.1) is 11.3 Å². The van der Waals surface area contributed by atoms with Crippen molar-refractivity contribution in [3.63, 3.8) is 0 Å². The molecular weight excluding hydrogens is 302 g/mol. The molecule has 1 aliphatic heterocycles. The van der Waals surface area contributed by atoms with Crippen LogP contribution < -0.4 is 15.4 Å². The lowest BCUT2D eigenvalue weighted by molar-refractivity contribution is -0.117. The molecule has 1 aromatic carbocycles. The second kappa shape index (κ2) is 6.43. The van der Waals surface area contributed by atoms with E-state index in [2.05, 4.69) is 15.6 Å². The fraction of sp³-hybridized carbons (Fsp3) is 0.333. The molecule has 0 saturated carbocycles. The normalized spacial score (nSPS) is 20.8. The Bertz CT molecular complexity index is 674. The first-order valence-electron chi connectivity index (χ1n) is 6.98. The van der Waals surface area contributed by atoms with Crippen LogP contribution in [0, 0.1) is 0 Å². The van der Waals surface area contributed by atoms with E-state index >= 15 is 0 Å². The van der Waals surface area contributed by atoms with Crippen molar-refractivity contribution in [1.82, 2.24) is 10.3 Å². The molecule has 0 radical (unpaired) electrons. The lowest BCUT2D eigenvalue weighted by Crippen LogP contribution is -2.35. The highest BCUT2D eigenvalue weighted by Gasteiger charge is 2.28. The largest absolute Gasteiger partial charge is 0.496 e. The smallest absolute Gasteiger partial charge is 0.243 e. The van der Waals surface area contributed by atoms with Crippen LogP contribution in [0.15, 0.2) is 29.6 Å². The number of nitrogens with zero attached hydrogens (tertiary/aromatic N) is 1. The number of methoxy groups -OCH3 is 1. The van der Waals surface area contributed by atoms with Gasteiger partial charge in [-0.25, -0.2) is 4.98 Å². The lowest BCUT2D eigenvalue weighted by atomic mass is 10.1. The van der Waals surface area contributed by atoms with Crippen LogP contribution in [0.2, 0.25) is 0 Å². The quantitative estimate of drug-likeness (QED) is 0.795. The second-order valence-electron chi connectivity index (χ2n) is 5.08. The van der Waals surface area contributed by atoms with Crippen molar-refractivity contribution in [3.8, 4) is 17.0 Å². The lowest BCUT2D eigenvalue weighted by Gasteiger charge is -2.08. The maximum atomic E-state index is 12.1. The first-order chi connectivity index (χ1) is 10.7. The SMILES string of the molecule is COc1ccccc1-c1csc(NC(=O)[C@H]2C[C@H](O)CN2)n1. The Morgan fingerprint density at radius 3 is 3.05 bits per heavy atom. The molecule has 22 heavy (non-hydrogen) atoms. The van der Waals surface area contributed by atoms with E-state index in [1.54, 1.807) is 7.11 Å². The first kappa shape index (κ1) is 15.0. The van der Waals surface area contributed by atoms with Crippen LogP contribution in [-0.4, -0.2) is 41.8 Å². The molecule has 0 unspecified atom stereocenters.